The molecule has 4 unspecified atom stereocenters. The van der Waals surface area contributed by atoms with Crippen LogP contribution in [0, 0.1) is 6.92 Å². The van der Waals surface area contributed by atoms with E-state index in [0.717, 1.165) is 87.2 Å². The number of aliphatic hydroxyl groups is 1. The van der Waals surface area contributed by atoms with Gasteiger partial charge in [-0.25, -0.2) is 9.50 Å². The molecule has 4 aliphatic rings. The molecule has 0 aromatic carbocycles. The molecule has 35 heavy (non-hydrogen) atoms. The van der Waals surface area contributed by atoms with Gasteiger partial charge in [-0.05, 0) is 45.4 Å². The van der Waals surface area contributed by atoms with Crippen LogP contribution in [-0.4, -0.2) is 73.9 Å². The fourth-order valence-electron chi connectivity index (χ4n) is 6.45. The number of hydrogen-bond donors (Lipinski definition) is 3. The molecule has 4 N–H and O–H groups in total. The lowest BCUT2D eigenvalue weighted by Crippen LogP contribution is -2.47. The fraction of sp³-hybridized carbons (Fsp3) is 0.720. The molecule has 1 saturated carbocycles. The second kappa shape index (κ2) is 8.99. The van der Waals surface area contributed by atoms with Crippen molar-refractivity contribution in [2.24, 2.45) is 5.73 Å². The Bertz CT molecular complexity index is 1100. The quantitative estimate of drug-likeness (QED) is 0.600. The molecule has 3 aliphatic heterocycles. The molecule has 2 aromatic heterocycles. The summed E-state index contributed by atoms with van der Waals surface area (Å²) in [6.45, 7) is 4.50. The van der Waals surface area contributed by atoms with Crippen molar-refractivity contribution in [1.29, 1.82) is 0 Å². The minimum atomic E-state index is -0.814. The number of nitrogens with one attached hydrogen (secondary N) is 1. The number of piperidine rings is 1. The molecule has 5 heterocycles. The van der Waals surface area contributed by atoms with Gasteiger partial charge < -0.3 is 20.6 Å². The molecule has 4 atom stereocenters. The smallest absolute Gasteiger partial charge is 0.242 e. The molecule has 1 amide bonds. The fourth-order valence-corrected chi connectivity index (χ4v) is 6.45. The number of likely N-dealkylation sites (tertiary alicyclic amines) is 1. The second-order valence-electron chi connectivity index (χ2n) is 11.0. The standard InChI is InChI=1S/C25H37N7O3/c1-16-14-32-22(27-23(16)30-11-7-17(26)15-30)13-18(28-32)20-6-2-5-10-31(20)24(33)19-12-21(35-29-19)25(34)8-3-4-9-25/h13-14,17,19-21,29,34H,2-12,15,26H2,1H3. The van der Waals surface area contributed by atoms with Gasteiger partial charge in [-0.1, -0.05) is 12.8 Å². The molecule has 3 saturated heterocycles. The first-order chi connectivity index (χ1) is 16.9. The second-order valence-corrected chi connectivity index (χ2v) is 11.0. The number of rotatable bonds is 4. The van der Waals surface area contributed by atoms with Crippen LogP contribution in [0.2, 0.25) is 0 Å². The number of aromatic nitrogens is 3. The first-order valence-corrected chi connectivity index (χ1v) is 13.2. The summed E-state index contributed by atoms with van der Waals surface area (Å²) < 4.78 is 1.84. The zero-order chi connectivity index (χ0) is 24.2. The van der Waals surface area contributed by atoms with Gasteiger partial charge in [-0.15, -0.1) is 0 Å². The van der Waals surface area contributed by atoms with E-state index in [1.807, 2.05) is 21.7 Å². The van der Waals surface area contributed by atoms with E-state index < -0.39 is 11.6 Å². The monoisotopic (exact) mass is 483 g/mol. The Hall–Kier alpha value is -2.27. The Morgan fingerprint density at radius 2 is 2.06 bits per heavy atom. The van der Waals surface area contributed by atoms with E-state index >= 15 is 0 Å². The Labute approximate surface area is 205 Å². The number of fused-ring (bicyclic) bond motifs is 1. The van der Waals surface area contributed by atoms with Gasteiger partial charge in [0.1, 0.15) is 18.0 Å². The van der Waals surface area contributed by atoms with Crippen LogP contribution >= 0.6 is 0 Å². The van der Waals surface area contributed by atoms with Crippen molar-refractivity contribution in [3.63, 3.8) is 0 Å². The summed E-state index contributed by atoms with van der Waals surface area (Å²) in [4.78, 5) is 28.5. The number of hydroxylamine groups is 1. The van der Waals surface area contributed by atoms with Crippen LogP contribution in [0.3, 0.4) is 0 Å². The predicted molar refractivity (Wildman–Crippen MR) is 131 cm³/mol. The van der Waals surface area contributed by atoms with Gasteiger partial charge in [0.25, 0.3) is 0 Å². The van der Waals surface area contributed by atoms with Gasteiger partial charge in [-0.2, -0.15) is 10.6 Å². The largest absolute Gasteiger partial charge is 0.387 e. The highest BCUT2D eigenvalue weighted by atomic mass is 16.7. The van der Waals surface area contributed by atoms with Crippen molar-refractivity contribution in [2.75, 3.05) is 24.5 Å². The van der Waals surface area contributed by atoms with Crippen molar-refractivity contribution in [3.05, 3.63) is 23.5 Å². The van der Waals surface area contributed by atoms with Crippen molar-refractivity contribution in [1.82, 2.24) is 25.0 Å². The van der Waals surface area contributed by atoms with Crippen LogP contribution in [0.1, 0.15) is 75.1 Å². The van der Waals surface area contributed by atoms with Crippen molar-refractivity contribution < 1.29 is 14.7 Å². The third-order valence-electron chi connectivity index (χ3n) is 8.44. The van der Waals surface area contributed by atoms with Gasteiger partial charge in [0, 0.05) is 49.9 Å². The van der Waals surface area contributed by atoms with E-state index in [9.17, 15) is 9.90 Å². The summed E-state index contributed by atoms with van der Waals surface area (Å²) in [7, 11) is 0. The lowest BCUT2D eigenvalue weighted by molar-refractivity contribution is -0.139. The number of carbonyl (C=O) groups excluding carboxylic acids is 1. The molecule has 1 aliphatic carbocycles. The number of nitrogens with two attached hydrogens (primary N) is 1. The highest BCUT2D eigenvalue weighted by Crippen LogP contribution is 2.38. The van der Waals surface area contributed by atoms with Crippen LogP contribution in [-0.2, 0) is 9.63 Å². The molecule has 4 fully saturated rings. The SMILES string of the molecule is Cc1cn2nc(C3CCCCN3C(=O)C3CC(C4(O)CCCC4)ON3)cc2nc1N1CCC(N)C1. The van der Waals surface area contributed by atoms with Gasteiger partial charge in [0.15, 0.2) is 5.65 Å². The Balaban J connectivity index is 1.22. The van der Waals surface area contributed by atoms with Crippen LogP contribution in [0.4, 0.5) is 5.82 Å². The number of anilines is 1. The number of aryl methyl sites for hydroxylation is 1. The van der Waals surface area contributed by atoms with E-state index in [4.69, 9.17) is 20.7 Å². The third kappa shape index (κ3) is 4.20. The van der Waals surface area contributed by atoms with E-state index in [1.54, 1.807) is 0 Å². The van der Waals surface area contributed by atoms with E-state index in [1.165, 1.54) is 0 Å². The predicted octanol–water partition coefficient (Wildman–Crippen LogP) is 1.60. The summed E-state index contributed by atoms with van der Waals surface area (Å²) >= 11 is 0. The van der Waals surface area contributed by atoms with Crippen LogP contribution < -0.4 is 16.1 Å². The molecule has 0 radical (unpaired) electrons. The molecule has 6 rings (SSSR count). The van der Waals surface area contributed by atoms with E-state index in [0.29, 0.717) is 13.0 Å². The van der Waals surface area contributed by atoms with E-state index in [-0.39, 0.29) is 24.1 Å². The Morgan fingerprint density at radius 1 is 1.23 bits per heavy atom. The molecule has 0 spiro atoms. The normalized spacial score (nSPS) is 31.1. The van der Waals surface area contributed by atoms with Gasteiger partial charge in [-0.3, -0.25) is 9.63 Å². The van der Waals surface area contributed by atoms with Crippen molar-refractivity contribution in [3.8, 4) is 0 Å². The summed E-state index contributed by atoms with van der Waals surface area (Å²) in [5.74, 6) is 1.00. The highest BCUT2D eigenvalue weighted by molar-refractivity contribution is 5.82. The average Bonchev–Trinajstić information content (AvgIpc) is 3.65. The van der Waals surface area contributed by atoms with Gasteiger partial charge in [0.05, 0.1) is 17.3 Å². The lowest BCUT2D eigenvalue weighted by Gasteiger charge is -2.36. The third-order valence-corrected chi connectivity index (χ3v) is 8.44. The molecule has 2 aromatic rings. The molecule has 10 nitrogen and oxygen atoms in total. The summed E-state index contributed by atoms with van der Waals surface area (Å²) in [6.07, 6.45) is 9.60. The van der Waals surface area contributed by atoms with Gasteiger partial charge in [0.2, 0.25) is 5.91 Å². The summed E-state index contributed by atoms with van der Waals surface area (Å²) in [5.41, 5.74) is 11.0. The Kier molecular flexibility index (Phi) is 5.95. The molecular formula is C25H37N7O3. The lowest BCUT2D eigenvalue weighted by atomic mass is 9.90. The highest BCUT2D eigenvalue weighted by Gasteiger charge is 2.47. The first kappa shape index (κ1) is 23.1. The minimum Gasteiger partial charge on any atom is -0.387 e. The average molecular weight is 484 g/mol. The zero-order valence-electron chi connectivity index (χ0n) is 20.5. The molecule has 10 heteroatoms. The van der Waals surface area contributed by atoms with Crippen LogP contribution in [0.5, 0.6) is 0 Å². The van der Waals surface area contributed by atoms with E-state index in [2.05, 4.69) is 17.3 Å². The number of amides is 1. The van der Waals surface area contributed by atoms with Crippen molar-refractivity contribution in [2.45, 2.75) is 94.5 Å². The topological polar surface area (TPSA) is 121 Å². The maximum Gasteiger partial charge on any atom is 0.242 e. The van der Waals surface area contributed by atoms with Gasteiger partial charge >= 0.3 is 0 Å². The summed E-state index contributed by atoms with van der Waals surface area (Å²) in [6, 6.07) is 1.69. The number of carbonyl (C=O) groups is 1. The molecule has 0 bridgehead atoms. The maximum atomic E-state index is 13.6. The number of hydrogen-bond acceptors (Lipinski definition) is 8. The minimum absolute atomic E-state index is 0.0340. The number of nitrogens with zero attached hydrogens (tertiary/aromatic N) is 5. The van der Waals surface area contributed by atoms with Crippen molar-refractivity contribution >= 4 is 17.4 Å². The zero-order valence-corrected chi connectivity index (χ0v) is 20.5. The maximum absolute atomic E-state index is 13.6. The van der Waals surface area contributed by atoms with Crippen LogP contribution in [0.15, 0.2) is 12.3 Å². The summed E-state index contributed by atoms with van der Waals surface area (Å²) in [5, 5.41) is 15.8. The molecular weight excluding hydrogens is 446 g/mol. The first-order valence-electron chi connectivity index (χ1n) is 13.2. The molecule has 190 valence electrons. The Morgan fingerprint density at radius 3 is 2.83 bits per heavy atom. The van der Waals surface area contributed by atoms with Crippen LogP contribution in [0.25, 0.3) is 5.65 Å².